The molecule has 0 aliphatic heterocycles. The minimum absolute atomic E-state index is 0.0344. The van der Waals surface area contributed by atoms with Crippen LogP contribution in [0.25, 0.3) is 32.7 Å². The largest absolute Gasteiger partial charge is 0.417 e. The summed E-state index contributed by atoms with van der Waals surface area (Å²) in [5.41, 5.74) is -4.70. The molecule has 8 aromatic rings. The molecule has 0 nitrogen and oxygen atoms in total. The van der Waals surface area contributed by atoms with Crippen molar-refractivity contribution in [2.75, 3.05) is 0 Å². The van der Waals surface area contributed by atoms with Gasteiger partial charge in [-0.15, -0.1) is 0 Å². The van der Waals surface area contributed by atoms with E-state index in [1.165, 1.54) is 36.4 Å². The molecule has 8 aromatic carbocycles. The Morgan fingerprint density at radius 3 is 0.758 bits per heavy atom. The van der Waals surface area contributed by atoms with E-state index >= 15 is 52.7 Å². The van der Waals surface area contributed by atoms with E-state index in [9.17, 15) is 0 Å². The van der Waals surface area contributed by atoms with Crippen LogP contribution in [0.15, 0.2) is 170 Å². The summed E-state index contributed by atoms with van der Waals surface area (Å²) < 4.78 is 181. The van der Waals surface area contributed by atoms with Gasteiger partial charge in [0.05, 0.1) is 22.3 Å². The fourth-order valence-corrected chi connectivity index (χ4v) is 13.5. The van der Waals surface area contributed by atoms with Crippen molar-refractivity contribution in [2.45, 2.75) is 24.7 Å². The smallest absolute Gasteiger partial charge is 0.166 e. The third kappa shape index (κ3) is 8.07. The van der Waals surface area contributed by atoms with Crippen LogP contribution in [0.4, 0.5) is 52.7 Å². The van der Waals surface area contributed by atoms with Crippen LogP contribution in [0.5, 0.6) is 0 Å². The van der Waals surface area contributed by atoms with E-state index in [2.05, 4.69) is 0 Å². The number of alkyl halides is 12. The maximum atomic E-state index is 15.1. The summed E-state index contributed by atoms with van der Waals surface area (Å²) in [4.78, 5) is 0. The highest BCUT2D eigenvalue weighted by molar-refractivity contribution is 7.81. The van der Waals surface area contributed by atoms with E-state index in [0.717, 1.165) is 72.8 Å². The molecule has 0 aliphatic carbocycles. The zero-order valence-electron chi connectivity index (χ0n) is 31.6. The van der Waals surface area contributed by atoms with E-state index in [1.54, 1.807) is 60.7 Å². The van der Waals surface area contributed by atoms with Crippen LogP contribution in [-0.2, 0) is 24.7 Å². The van der Waals surface area contributed by atoms with Gasteiger partial charge < -0.3 is 0 Å². The van der Waals surface area contributed by atoms with Crippen molar-refractivity contribution in [3.8, 4) is 11.1 Å². The SMILES string of the molecule is FC(F)(F)c1ccccc1P(c1ccccc1C(F)(F)F)c1ccc2ccccc2c1-c1c(P(c2ccccc2C(F)(F)F)c2ccccc2C(F)(F)F)ccc2ccccc12. The monoisotopic (exact) mass is 894 g/mol. The zero-order valence-corrected chi connectivity index (χ0v) is 33.4. The van der Waals surface area contributed by atoms with Gasteiger partial charge in [0, 0.05) is 0 Å². The van der Waals surface area contributed by atoms with Crippen molar-refractivity contribution >= 4 is 69.2 Å². The van der Waals surface area contributed by atoms with Gasteiger partial charge in [0.1, 0.15) is 0 Å². The summed E-state index contributed by atoms with van der Waals surface area (Å²) in [7, 11) is -5.74. The molecule has 0 saturated carbocycles. The first-order chi connectivity index (χ1) is 29.4. The van der Waals surface area contributed by atoms with Gasteiger partial charge in [0.15, 0.2) is 0 Å². The molecular weight excluding hydrogens is 866 g/mol. The topological polar surface area (TPSA) is 0 Å². The van der Waals surface area contributed by atoms with Crippen LogP contribution >= 0.6 is 15.8 Å². The van der Waals surface area contributed by atoms with Crippen LogP contribution in [-0.4, -0.2) is 0 Å². The van der Waals surface area contributed by atoms with Gasteiger partial charge in [-0.05, 0) is 105 Å². The Morgan fingerprint density at radius 2 is 0.484 bits per heavy atom. The van der Waals surface area contributed by atoms with Crippen molar-refractivity contribution in [3.63, 3.8) is 0 Å². The fourth-order valence-electron chi connectivity index (χ4n) is 7.83. The fraction of sp³-hybridized carbons (Fsp3) is 0.0833. The Balaban J connectivity index is 1.61. The number of hydrogen-bond donors (Lipinski definition) is 0. The highest BCUT2D eigenvalue weighted by atomic mass is 31.1. The molecule has 0 spiro atoms. The summed E-state index contributed by atoms with van der Waals surface area (Å²) in [6.07, 6.45) is -20.2. The highest BCUT2D eigenvalue weighted by Crippen LogP contribution is 2.50. The average Bonchev–Trinajstić information content (AvgIpc) is 3.23. The van der Waals surface area contributed by atoms with E-state index in [0.29, 0.717) is 21.5 Å². The first-order valence-corrected chi connectivity index (χ1v) is 21.3. The molecule has 0 amide bonds. The van der Waals surface area contributed by atoms with Gasteiger partial charge in [0.2, 0.25) is 0 Å². The van der Waals surface area contributed by atoms with E-state index in [-0.39, 0.29) is 21.7 Å². The maximum Gasteiger partial charge on any atom is 0.417 e. The summed E-state index contributed by atoms with van der Waals surface area (Å²) >= 11 is 0. The molecule has 314 valence electrons. The standard InChI is InChI=1S/C48H28F12P2/c49-45(50,51)33-17-5-9-21-37(33)61(38-22-10-6-18-34(38)46(52,53)54)41-27-25-29-13-1-3-15-31(29)43(41)44-32-16-4-2-14-30(32)26-28-42(44)62(39-23-11-7-19-35(39)47(55,56)57)40-24-12-8-20-36(40)48(58,59)60/h1-28H. The molecule has 14 heteroatoms. The third-order valence-electron chi connectivity index (χ3n) is 10.3. The predicted molar refractivity (Wildman–Crippen MR) is 224 cm³/mol. The third-order valence-corrected chi connectivity index (χ3v) is 15.5. The molecule has 62 heavy (non-hydrogen) atoms. The Hall–Kier alpha value is -5.70. The number of halogens is 12. The first kappa shape index (κ1) is 43.0. The molecule has 0 fully saturated rings. The van der Waals surface area contributed by atoms with Gasteiger partial charge in [-0.2, -0.15) is 52.7 Å². The normalized spacial score (nSPS) is 12.8. The second kappa shape index (κ2) is 16.2. The van der Waals surface area contributed by atoms with Crippen LogP contribution in [0, 0.1) is 0 Å². The molecule has 8 rings (SSSR count). The highest BCUT2D eigenvalue weighted by Gasteiger charge is 2.43. The molecule has 0 radical (unpaired) electrons. The lowest BCUT2D eigenvalue weighted by atomic mass is 9.93. The molecule has 0 aliphatic rings. The molecule has 0 saturated heterocycles. The van der Waals surface area contributed by atoms with Crippen LogP contribution in [0.3, 0.4) is 0 Å². The van der Waals surface area contributed by atoms with Gasteiger partial charge in [-0.1, -0.05) is 146 Å². The second-order valence-corrected chi connectivity index (χ2v) is 18.3. The lowest BCUT2D eigenvalue weighted by Crippen LogP contribution is -2.33. The summed E-state index contributed by atoms with van der Waals surface area (Å²) in [6, 6.07) is 36.0. The number of rotatable bonds is 7. The summed E-state index contributed by atoms with van der Waals surface area (Å²) in [6.45, 7) is 0. The first-order valence-electron chi connectivity index (χ1n) is 18.6. The molecule has 0 N–H and O–H groups in total. The zero-order chi connectivity index (χ0) is 44.2. The molecular formula is C48H28F12P2. The molecule has 0 aromatic heterocycles. The Bertz CT molecular complexity index is 2630. The Labute approximate surface area is 349 Å². The number of hydrogen-bond acceptors (Lipinski definition) is 0. The maximum absolute atomic E-state index is 15.1. The van der Waals surface area contributed by atoms with E-state index in [4.69, 9.17) is 0 Å². The quantitative estimate of drug-likeness (QED) is 0.110. The molecule has 0 heterocycles. The van der Waals surface area contributed by atoms with Gasteiger partial charge >= 0.3 is 24.7 Å². The lowest BCUT2D eigenvalue weighted by molar-refractivity contribution is -0.137. The molecule has 0 bridgehead atoms. The van der Waals surface area contributed by atoms with Crippen molar-refractivity contribution in [1.29, 1.82) is 0 Å². The van der Waals surface area contributed by atoms with Gasteiger partial charge in [-0.3, -0.25) is 0 Å². The van der Waals surface area contributed by atoms with Gasteiger partial charge in [0.25, 0.3) is 0 Å². The predicted octanol–water partition coefficient (Wildman–Crippen LogP) is 13.3. The minimum atomic E-state index is -5.05. The van der Waals surface area contributed by atoms with Crippen molar-refractivity contribution < 1.29 is 52.7 Å². The number of benzene rings is 8. The van der Waals surface area contributed by atoms with Crippen LogP contribution in [0.2, 0.25) is 0 Å². The van der Waals surface area contributed by atoms with Crippen LogP contribution < -0.4 is 31.8 Å². The van der Waals surface area contributed by atoms with Crippen molar-refractivity contribution in [3.05, 3.63) is 192 Å². The molecule has 0 atom stereocenters. The Kier molecular flexibility index (Phi) is 11.2. The summed E-state index contributed by atoms with van der Waals surface area (Å²) in [5, 5.41) is -0.503. The average molecular weight is 895 g/mol. The minimum Gasteiger partial charge on any atom is -0.166 e. The van der Waals surface area contributed by atoms with Crippen molar-refractivity contribution in [1.82, 2.24) is 0 Å². The second-order valence-electron chi connectivity index (χ2n) is 14.1. The van der Waals surface area contributed by atoms with E-state index in [1.807, 2.05) is 0 Å². The number of fused-ring (bicyclic) bond motifs is 2. The summed E-state index contributed by atoms with van der Waals surface area (Å²) in [5.74, 6) is 0. The lowest BCUT2D eigenvalue weighted by Gasteiger charge is -2.31. The van der Waals surface area contributed by atoms with Crippen LogP contribution in [0.1, 0.15) is 22.3 Å². The molecule has 0 unspecified atom stereocenters. The van der Waals surface area contributed by atoms with Crippen molar-refractivity contribution in [2.24, 2.45) is 0 Å². The van der Waals surface area contributed by atoms with E-state index < -0.39 is 84.0 Å². The Morgan fingerprint density at radius 1 is 0.242 bits per heavy atom. The van der Waals surface area contributed by atoms with Gasteiger partial charge in [-0.25, -0.2) is 0 Å².